The number of hydrogen-bond donors (Lipinski definition) is 4. The normalized spacial score (nSPS) is 13.2. The molecule has 11 nitrogen and oxygen atoms in total. The lowest BCUT2D eigenvalue weighted by Crippen LogP contribution is -2.48. The second-order valence-electron chi connectivity index (χ2n) is 10.2. The summed E-state index contributed by atoms with van der Waals surface area (Å²) in [6.45, 7) is 4.79. The molecule has 0 bridgehead atoms. The maximum absolute atomic E-state index is 13.1. The van der Waals surface area contributed by atoms with Gasteiger partial charge >= 0.3 is 6.03 Å². The van der Waals surface area contributed by atoms with Crippen molar-refractivity contribution in [2.45, 2.75) is 32.6 Å². The molecule has 218 valence electrons. The summed E-state index contributed by atoms with van der Waals surface area (Å²) in [4.78, 5) is 49.0. The lowest BCUT2D eigenvalue weighted by Gasteiger charge is -2.35. The Morgan fingerprint density at radius 2 is 1.69 bits per heavy atom. The molecule has 0 saturated carbocycles. The molecule has 5 rings (SSSR count). The maximum Gasteiger partial charge on any atom is 0.324 e. The van der Waals surface area contributed by atoms with Crippen LogP contribution in [0, 0.1) is 0 Å². The Labute approximate surface area is 244 Å². The van der Waals surface area contributed by atoms with Gasteiger partial charge in [-0.3, -0.25) is 14.9 Å². The van der Waals surface area contributed by atoms with Gasteiger partial charge in [0.05, 0.1) is 6.42 Å². The van der Waals surface area contributed by atoms with Crippen molar-refractivity contribution in [2.24, 2.45) is 5.73 Å². The molecular formula is C31H35N7O4. The molecule has 2 aromatic carbocycles. The monoisotopic (exact) mass is 569 g/mol. The van der Waals surface area contributed by atoms with Gasteiger partial charge in [-0.25, -0.2) is 9.78 Å². The quantitative estimate of drug-likeness (QED) is 0.219. The molecule has 0 radical (unpaired) electrons. The minimum absolute atomic E-state index is 0.00806. The number of aromatic amines is 1. The molecule has 5 N–H and O–H groups in total. The average molecular weight is 570 g/mol. The molecule has 1 fully saturated rings. The minimum atomic E-state index is -0.769. The number of furan rings is 1. The number of para-hydroxylation sites is 1. The van der Waals surface area contributed by atoms with E-state index in [-0.39, 0.29) is 29.6 Å². The number of rotatable bonds is 10. The van der Waals surface area contributed by atoms with Crippen LogP contribution in [0.5, 0.6) is 0 Å². The highest BCUT2D eigenvalue weighted by atomic mass is 16.4. The van der Waals surface area contributed by atoms with E-state index in [9.17, 15) is 14.4 Å². The first-order valence-electron chi connectivity index (χ1n) is 14.1. The fourth-order valence-corrected chi connectivity index (χ4v) is 4.90. The Morgan fingerprint density at radius 1 is 0.952 bits per heavy atom. The van der Waals surface area contributed by atoms with Crippen LogP contribution in [0.3, 0.4) is 0 Å². The summed E-state index contributed by atoms with van der Waals surface area (Å²) in [6.07, 6.45) is 3.37. The van der Waals surface area contributed by atoms with E-state index < -0.39 is 11.9 Å². The average Bonchev–Trinajstić information content (AvgIpc) is 3.64. The zero-order valence-corrected chi connectivity index (χ0v) is 23.6. The molecule has 4 aromatic rings. The smallest absolute Gasteiger partial charge is 0.324 e. The van der Waals surface area contributed by atoms with E-state index in [1.807, 2.05) is 42.5 Å². The predicted octanol–water partition coefficient (Wildman–Crippen LogP) is 4.64. The van der Waals surface area contributed by atoms with E-state index in [0.29, 0.717) is 30.4 Å². The zero-order chi connectivity index (χ0) is 29.5. The SMILES string of the molecule is CCCCc1ccc(NC(=O)Nc2nc(Cc3ccc(C(=O)N4CCN(c5ccccc5)CC4)o3)[nH]c2C(N)=O)cc1. The Morgan fingerprint density at radius 3 is 2.38 bits per heavy atom. The van der Waals surface area contributed by atoms with E-state index in [2.05, 4.69) is 44.6 Å². The van der Waals surface area contributed by atoms with E-state index in [4.69, 9.17) is 10.2 Å². The molecule has 0 spiro atoms. The number of aryl methyl sites for hydroxylation is 1. The number of imidazole rings is 1. The van der Waals surface area contributed by atoms with Crippen LogP contribution in [-0.4, -0.2) is 58.9 Å². The number of nitrogens with two attached hydrogens (primary N) is 1. The number of aromatic nitrogens is 2. The molecule has 42 heavy (non-hydrogen) atoms. The third-order valence-electron chi connectivity index (χ3n) is 7.16. The zero-order valence-electron chi connectivity index (χ0n) is 23.6. The van der Waals surface area contributed by atoms with Crippen molar-refractivity contribution < 1.29 is 18.8 Å². The number of carbonyl (C=O) groups excluding carboxylic acids is 3. The van der Waals surface area contributed by atoms with Crippen molar-refractivity contribution in [3.63, 3.8) is 0 Å². The van der Waals surface area contributed by atoms with Crippen LogP contribution in [0.25, 0.3) is 0 Å². The third kappa shape index (κ3) is 6.98. The van der Waals surface area contributed by atoms with Crippen LogP contribution in [0.4, 0.5) is 22.0 Å². The molecular weight excluding hydrogens is 534 g/mol. The summed E-state index contributed by atoms with van der Waals surface area (Å²) in [5.74, 6) is 0.124. The van der Waals surface area contributed by atoms with Gasteiger partial charge in [0.2, 0.25) is 0 Å². The molecule has 3 heterocycles. The second kappa shape index (κ2) is 13.1. The van der Waals surface area contributed by atoms with Gasteiger partial charge in [0.1, 0.15) is 17.3 Å². The summed E-state index contributed by atoms with van der Waals surface area (Å²) in [7, 11) is 0. The lowest BCUT2D eigenvalue weighted by atomic mass is 10.1. The van der Waals surface area contributed by atoms with Gasteiger partial charge in [-0.2, -0.15) is 0 Å². The molecule has 0 aliphatic carbocycles. The van der Waals surface area contributed by atoms with Crippen LogP contribution in [0.15, 0.2) is 71.1 Å². The molecule has 0 atom stereocenters. The van der Waals surface area contributed by atoms with Gasteiger partial charge in [-0.15, -0.1) is 0 Å². The van der Waals surface area contributed by atoms with Crippen molar-refractivity contribution in [3.8, 4) is 0 Å². The number of primary amides is 1. The van der Waals surface area contributed by atoms with E-state index in [0.717, 1.165) is 38.0 Å². The first-order valence-corrected chi connectivity index (χ1v) is 14.1. The Hall–Kier alpha value is -5.06. The molecule has 11 heteroatoms. The predicted molar refractivity (Wildman–Crippen MR) is 161 cm³/mol. The van der Waals surface area contributed by atoms with Gasteiger partial charge in [0.25, 0.3) is 11.8 Å². The summed E-state index contributed by atoms with van der Waals surface area (Å²) >= 11 is 0. The standard InChI is InChI=1S/C31H35N7O4/c1-2-3-7-21-10-12-22(13-11-21)33-31(41)36-29-27(28(32)39)34-26(35-29)20-24-14-15-25(42-24)30(40)38-18-16-37(17-19-38)23-8-5-4-6-9-23/h4-6,8-15H,2-3,7,16-20H2,1H3,(H2,32,39)(H,34,35)(H2,33,36,41). The van der Waals surface area contributed by atoms with Crippen molar-refractivity contribution in [3.05, 3.63) is 95.3 Å². The first-order chi connectivity index (χ1) is 20.4. The largest absolute Gasteiger partial charge is 0.455 e. The van der Waals surface area contributed by atoms with Crippen LogP contribution in [0.2, 0.25) is 0 Å². The molecule has 1 saturated heterocycles. The summed E-state index contributed by atoms with van der Waals surface area (Å²) in [5, 5.41) is 5.33. The number of urea groups is 1. The first kappa shape index (κ1) is 28.5. The van der Waals surface area contributed by atoms with Crippen molar-refractivity contribution >= 4 is 35.0 Å². The van der Waals surface area contributed by atoms with E-state index in [1.54, 1.807) is 17.0 Å². The molecule has 1 aliphatic rings. The van der Waals surface area contributed by atoms with E-state index >= 15 is 0 Å². The van der Waals surface area contributed by atoms with Gasteiger partial charge in [0.15, 0.2) is 11.6 Å². The third-order valence-corrected chi connectivity index (χ3v) is 7.16. The van der Waals surface area contributed by atoms with Crippen LogP contribution >= 0.6 is 0 Å². The van der Waals surface area contributed by atoms with Gasteiger partial charge in [0, 0.05) is 37.6 Å². The molecule has 0 unspecified atom stereocenters. The number of hydrogen-bond acceptors (Lipinski definition) is 6. The highest BCUT2D eigenvalue weighted by Gasteiger charge is 2.25. The number of anilines is 3. The van der Waals surface area contributed by atoms with Gasteiger partial charge in [-0.1, -0.05) is 43.7 Å². The number of nitrogens with zero attached hydrogens (tertiary/aromatic N) is 3. The maximum atomic E-state index is 13.1. The number of carbonyl (C=O) groups is 3. The summed E-state index contributed by atoms with van der Waals surface area (Å²) in [5.41, 5.74) is 8.44. The fraction of sp³-hybridized carbons (Fsp3) is 0.290. The minimum Gasteiger partial charge on any atom is -0.455 e. The number of amides is 4. The highest BCUT2D eigenvalue weighted by Crippen LogP contribution is 2.20. The number of H-pyrrole nitrogens is 1. The van der Waals surface area contributed by atoms with E-state index in [1.165, 1.54) is 5.56 Å². The Kier molecular flexibility index (Phi) is 8.86. The van der Waals surface area contributed by atoms with Crippen molar-refractivity contribution in [1.82, 2.24) is 14.9 Å². The van der Waals surface area contributed by atoms with Crippen LogP contribution in [0.1, 0.15) is 58.0 Å². The second-order valence-corrected chi connectivity index (χ2v) is 10.2. The lowest BCUT2D eigenvalue weighted by molar-refractivity contribution is 0.0712. The van der Waals surface area contributed by atoms with Crippen LogP contribution < -0.4 is 21.3 Å². The van der Waals surface area contributed by atoms with Crippen LogP contribution in [-0.2, 0) is 12.8 Å². The van der Waals surface area contributed by atoms with Crippen molar-refractivity contribution in [1.29, 1.82) is 0 Å². The molecule has 2 aromatic heterocycles. The Balaban J connectivity index is 1.18. The van der Waals surface area contributed by atoms with Gasteiger partial charge in [-0.05, 0) is 54.8 Å². The number of benzene rings is 2. The highest BCUT2D eigenvalue weighted by molar-refractivity contribution is 6.04. The number of unbranched alkanes of at least 4 members (excludes halogenated alkanes) is 1. The Bertz CT molecular complexity index is 1520. The number of nitrogens with one attached hydrogen (secondary N) is 3. The molecule has 4 amide bonds. The summed E-state index contributed by atoms with van der Waals surface area (Å²) in [6, 6.07) is 20.5. The topological polar surface area (TPSA) is 150 Å². The summed E-state index contributed by atoms with van der Waals surface area (Å²) < 4.78 is 5.84. The fourth-order valence-electron chi connectivity index (χ4n) is 4.90. The van der Waals surface area contributed by atoms with Crippen molar-refractivity contribution in [2.75, 3.05) is 41.7 Å². The van der Waals surface area contributed by atoms with Gasteiger partial charge < -0.3 is 30.3 Å². The number of piperazine rings is 1. The molecule has 1 aliphatic heterocycles.